The van der Waals surface area contributed by atoms with E-state index < -0.39 is 17.2 Å². The summed E-state index contributed by atoms with van der Waals surface area (Å²) in [5.41, 5.74) is 0.0730. The number of hydrogen-bond donors (Lipinski definition) is 3. The van der Waals surface area contributed by atoms with Crippen LogP contribution in [-0.2, 0) is 4.79 Å². The second kappa shape index (κ2) is 8.51. The summed E-state index contributed by atoms with van der Waals surface area (Å²) in [6.07, 6.45) is 0.253. The SMILES string of the molecule is O=C(CCOc1ccccc1)N1CCN(C(=O)c2cc(O)c(O)c(O)c2)CC1. The van der Waals surface area contributed by atoms with Crippen molar-refractivity contribution in [2.45, 2.75) is 6.42 Å². The molecule has 0 saturated carbocycles. The number of phenolic OH excluding ortho intramolecular Hbond substituents is 3. The zero-order valence-electron chi connectivity index (χ0n) is 15.2. The fourth-order valence-corrected chi connectivity index (χ4v) is 3.00. The van der Waals surface area contributed by atoms with E-state index in [0.29, 0.717) is 31.9 Å². The van der Waals surface area contributed by atoms with Crippen LogP contribution in [-0.4, -0.2) is 69.7 Å². The molecule has 2 aromatic rings. The molecular weight excluding hydrogens is 364 g/mol. The van der Waals surface area contributed by atoms with Crippen molar-refractivity contribution in [1.82, 2.24) is 9.80 Å². The van der Waals surface area contributed by atoms with E-state index in [2.05, 4.69) is 0 Å². The van der Waals surface area contributed by atoms with Crippen molar-refractivity contribution in [1.29, 1.82) is 0 Å². The fraction of sp³-hybridized carbons (Fsp3) is 0.300. The van der Waals surface area contributed by atoms with Crippen molar-refractivity contribution in [3.63, 3.8) is 0 Å². The third-order valence-corrected chi connectivity index (χ3v) is 4.56. The molecule has 8 nitrogen and oxygen atoms in total. The highest BCUT2D eigenvalue weighted by Crippen LogP contribution is 2.35. The van der Waals surface area contributed by atoms with Gasteiger partial charge < -0.3 is 29.9 Å². The van der Waals surface area contributed by atoms with E-state index in [4.69, 9.17) is 4.74 Å². The average molecular weight is 386 g/mol. The Morgan fingerprint density at radius 1 is 0.893 bits per heavy atom. The van der Waals surface area contributed by atoms with E-state index >= 15 is 0 Å². The first kappa shape index (κ1) is 19.3. The number of para-hydroxylation sites is 1. The van der Waals surface area contributed by atoms with Crippen molar-refractivity contribution in [3.05, 3.63) is 48.0 Å². The van der Waals surface area contributed by atoms with E-state index in [1.807, 2.05) is 30.3 Å². The van der Waals surface area contributed by atoms with Gasteiger partial charge in [0.2, 0.25) is 5.91 Å². The number of amides is 2. The van der Waals surface area contributed by atoms with Gasteiger partial charge in [-0.1, -0.05) is 18.2 Å². The number of benzene rings is 2. The van der Waals surface area contributed by atoms with Crippen LogP contribution < -0.4 is 4.74 Å². The average Bonchev–Trinajstić information content (AvgIpc) is 2.72. The van der Waals surface area contributed by atoms with Gasteiger partial charge >= 0.3 is 0 Å². The molecule has 8 heteroatoms. The van der Waals surface area contributed by atoms with Gasteiger partial charge in [0.15, 0.2) is 17.2 Å². The Hall–Kier alpha value is -3.42. The summed E-state index contributed by atoms with van der Waals surface area (Å²) in [4.78, 5) is 28.1. The quantitative estimate of drug-likeness (QED) is 0.673. The Balaban J connectivity index is 1.48. The minimum Gasteiger partial charge on any atom is -0.504 e. The molecule has 0 bridgehead atoms. The van der Waals surface area contributed by atoms with E-state index in [1.165, 1.54) is 4.90 Å². The van der Waals surface area contributed by atoms with Crippen molar-refractivity contribution in [2.75, 3.05) is 32.8 Å². The molecule has 1 aliphatic heterocycles. The highest BCUT2D eigenvalue weighted by molar-refractivity contribution is 5.95. The van der Waals surface area contributed by atoms with Gasteiger partial charge in [-0.3, -0.25) is 9.59 Å². The highest BCUT2D eigenvalue weighted by Gasteiger charge is 2.25. The monoisotopic (exact) mass is 386 g/mol. The Labute approximate surface area is 162 Å². The Morgan fingerprint density at radius 2 is 1.46 bits per heavy atom. The molecule has 0 aromatic heterocycles. The lowest BCUT2D eigenvalue weighted by atomic mass is 10.1. The lowest BCUT2D eigenvalue weighted by Crippen LogP contribution is -2.50. The number of phenols is 3. The molecule has 1 fully saturated rings. The molecule has 148 valence electrons. The molecule has 1 heterocycles. The maximum Gasteiger partial charge on any atom is 0.254 e. The number of aromatic hydroxyl groups is 3. The van der Waals surface area contributed by atoms with Gasteiger partial charge in [0, 0.05) is 31.7 Å². The standard InChI is InChI=1S/C20H22N2O6/c23-16-12-14(13-17(24)19(16)26)20(27)22-9-7-21(8-10-22)18(25)6-11-28-15-4-2-1-3-5-15/h1-5,12-13,23-24,26H,6-11H2. The number of rotatable bonds is 5. The zero-order valence-corrected chi connectivity index (χ0v) is 15.2. The second-order valence-corrected chi connectivity index (χ2v) is 6.45. The van der Waals surface area contributed by atoms with E-state index in [9.17, 15) is 24.9 Å². The first-order chi connectivity index (χ1) is 13.5. The third kappa shape index (κ3) is 4.46. The molecule has 0 unspecified atom stereocenters. The maximum absolute atomic E-state index is 12.5. The molecule has 1 saturated heterocycles. The molecule has 0 aliphatic carbocycles. The molecule has 3 rings (SSSR count). The molecule has 2 amide bonds. The first-order valence-corrected chi connectivity index (χ1v) is 8.95. The minimum atomic E-state index is -0.662. The smallest absolute Gasteiger partial charge is 0.254 e. The number of nitrogens with zero attached hydrogens (tertiary/aromatic N) is 2. The van der Waals surface area contributed by atoms with Gasteiger partial charge in [-0.15, -0.1) is 0 Å². The zero-order chi connectivity index (χ0) is 20.1. The predicted octanol–water partition coefficient (Wildman–Crippen LogP) is 1.56. The summed E-state index contributed by atoms with van der Waals surface area (Å²) >= 11 is 0. The summed E-state index contributed by atoms with van der Waals surface area (Å²) in [7, 11) is 0. The number of piperazine rings is 1. The van der Waals surface area contributed by atoms with Crippen molar-refractivity contribution < 1.29 is 29.6 Å². The lowest BCUT2D eigenvalue weighted by molar-refractivity contribution is -0.133. The second-order valence-electron chi connectivity index (χ2n) is 6.45. The molecular formula is C20H22N2O6. The highest BCUT2D eigenvalue weighted by atomic mass is 16.5. The molecule has 1 aliphatic rings. The minimum absolute atomic E-state index is 0.0389. The van der Waals surface area contributed by atoms with Crippen LogP contribution in [0.25, 0.3) is 0 Å². The van der Waals surface area contributed by atoms with Crippen molar-refractivity contribution >= 4 is 11.8 Å². The topological polar surface area (TPSA) is 111 Å². The van der Waals surface area contributed by atoms with Crippen molar-refractivity contribution in [3.8, 4) is 23.0 Å². The summed E-state index contributed by atoms with van der Waals surface area (Å²) < 4.78 is 5.54. The van der Waals surface area contributed by atoms with Crippen LogP contribution in [0, 0.1) is 0 Å². The lowest BCUT2D eigenvalue weighted by Gasteiger charge is -2.35. The Bertz CT molecular complexity index is 824. The Kier molecular flexibility index (Phi) is 5.88. The number of ether oxygens (including phenoxy) is 1. The molecule has 0 spiro atoms. The predicted molar refractivity (Wildman–Crippen MR) is 100 cm³/mol. The molecule has 28 heavy (non-hydrogen) atoms. The number of carbonyl (C=O) groups excluding carboxylic acids is 2. The van der Waals surface area contributed by atoms with Crippen LogP contribution in [0.2, 0.25) is 0 Å². The fourth-order valence-electron chi connectivity index (χ4n) is 3.00. The summed E-state index contributed by atoms with van der Waals surface area (Å²) in [6, 6.07) is 11.5. The number of carbonyl (C=O) groups is 2. The van der Waals surface area contributed by atoms with Gasteiger partial charge in [0.25, 0.3) is 5.91 Å². The normalized spacial score (nSPS) is 14.0. The molecule has 0 atom stereocenters. The maximum atomic E-state index is 12.5. The molecule has 0 radical (unpaired) electrons. The number of hydrogen-bond acceptors (Lipinski definition) is 6. The summed E-state index contributed by atoms with van der Waals surface area (Å²) in [6.45, 7) is 1.75. The Morgan fingerprint density at radius 3 is 2.07 bits per heavy atom. The molecule has 2 aromatic carbocycles. The van der Waals surface area contributed by atoms with Crippen LogP contribution in [0.1, 0.15) is 16.8 Å². The van der Waals surface area contributed by atoms with Gasteiger partial charge in [-0.05, 0) is 24.3 Å². The molecule has 3 N–H and O–H groups in total. The first-order valence-electron chi connectivity index (χ1n) is 8.95. The van der Waals surface area contributed by atoms with Gasteiger partial charge in [-0.25, -0.2) is 0 Å². The van der Waals surface area contributed by atoms with Crippen LogP contribution >= 0.6 is 0 Å². The third-order valence-electron chi connectivity index (χ3n) is 4.56. The van der Waals surface area contributed by atoms with Crippen molar-refractivity contribution in [2.24, 2.45) is 0 Å². The van der Waals surface area contributed by atoms with Gasteiger partial charge in [0.1, 0.15) is 5.75 Å². The van der Waals surface area contributed by atoms with Crippen LogP contribution in [0.15, 0.2) is 42.5 Å². The van der Waals surface area contributed by atoms with Gasteiger partial charge in [-0.2, -0.15) is 0 Å². The van der Waals surface area contributed by atoms with E-state index in [-0.39, 0.29) is 30.4 Å². The van der Waals surface area contributed by atoms with E-state index in [1.54, 1.807) is 4.90 Å². The van der Waals surface area contributed by atoms with E-state index in [0.717, 1.165) is 12.1 Å². The largest absolute Gasteiger partial charge is 0.504 e. The van der Waals surface area contributed by atoms with Crippen LogP contribution in [0.4, 0.5) is 0 Å². The summed E-state index contributed by atoms with van der Waals surface area (Å²) in [5.74, 6) is -1.49. The van der Waals surface area contributed by atoms with Gasteiger partial charge in [0.05, 0.1) is 13.0 Å². The van der Waals surface area contributed by atoms with Crippen LogP contribution in [0.5, 0.6) is 23.0 Å². The summed E-state index contributed by atoms with van der Waals surface area (Å²) in [5, 5.41) is 28.5. The van der Waals surface area contributed by atoms with Crippen LogP contribution in [0.3, 0.4) is 0 Å².